The highest BCUT2D eigenvalue weighted by atomic mass is 16.6. The third-order valence-corrected chi connectivity index (χ3v) is 1.32. The molecule has 0 aromatic carbocycles. The molecule has 0 aromatic heterocycles. The number of nitrogens with one attached hydrogen (secondary N) is 1. The Morgan fingerprint density at radius 2 is 2.18 bits per heavy atom. The fraction of sp³-hybridized carbons (Fsp3) is 0.875. The van der Waals surface area contributed by atoms with Gasteiger partial charge in [-0.2, -0.15) is 0 Å². The number of ether oxygens (including phenoxy) is 1. The van der Waals surface area contributed by atoms with E-state index in [0.29, 0.717) is 6.54 Å². The smallest absolute Gasteiger partial charge is 0.407 e. The number of hydrogen-bond donors (Lipinski definition) is 1. The van der Waals surface area contributed by atoms with E-state index >= 15 is 0 Å². The molecule has 0 aliphatic rings. The summed E-state index contributed by atoms with van der Waals surface area (Å²) in [5, 5.41) is 2.57. The van der Waals surface area contributed by atoms with E-state index in [1.54, 1.807) is 0 Å². The van der Waals surface area contributed by atoms with Crippen LogP contribution in [0, 0.1) is 0 Å². The summed E-state index contributed by atoms with van der Waals surface area (Å²) in [5.74, 6) is 0. The van der Waals surface area contributed by atoms with Gasteiger partial charge in [0, 0.05) is 6.54 Å². The fourth-order valence-electron chi connectivity index (χ4n) is 0.834. The normalized spacial score (nSPS) is 12.3. The van der Waals surface area contributed by atoms with E-state index in [1.807, 2.05) is 13.8 Å². The van der Waals surface area contributed by atoms with Crippen molar-refractivity contribution in [3.05, 3.63) is 0 Å². The van der Waals surface area contributed by atoms with Crippen LogP contribution in [0.3, 0.4) is 0 Å². The minimum absolute atomic E-state index is 0.0338. The van der Waals surface area contributed by atoms with E-state index in [1.165, 1.54) is 0 Å². The largest absolute Gasteiger partial charge is 0.447 e. The summed E-state index contributed by atoms with van der Waals surface area (Å²) < 4.78 is 4.98. The van der Waals surface area contributed by atoms with Crippen LogP contribution in [-0.4, -0.2) is 18.7 Å². The van der Waals surface area contributed by atoms with Gasteiger partial charge in [-0.15, -0.1) is 0 Å². The van der Waals surface area contributed by atoms with Crippen molar-refractivity contribution >= 4 is 6.09 Å². The monoisotopic (exact) mass is 159 g/mol. The molecular formula is C8H17NO2. The predicted molar refractivity (Wildman–Crippen MR) is 44.5 cm³/mol. The number of carbonyl (C=O) groups is 1. The van der Waals surface area contributed by atoms with Gasteiger partial charge in [0.15, 0.2) is 0 Å². The fourth-order valence-corrected chi connectivity index (χ4v) is 0.834. The van der Waals surface area contributed by atoms with Crippen LogP contribution in [-0.2, 0) is 4.74 Å². The Balaban J connectivity index is 3.40. The Morgan fingerprint density at radius 1 is 1.55 bits per heavy atom. The topological polar surface area (TPSA) is 38.3 Å². The van der Waals surface area contributed by atoms with E-state index in [0.717, 1.165) is 12.8 Å². The molecule has 0 saturated carbocycles. The van der Waals surface area contributed by atoms with Crippen molar-refractivity contribution in [2.45, 2.75) is 39.7 Å². The maximum absolute atomic E-state index is 10.8. The summed E-state index contributed by atoms with van der Waals surface area (Å²) >= 11 is 0. The molecule has 0 fully saturated rings. The lowest BCUT2D eigenvalue weighted by molar-refractivity contribution is 0.102. The molecule has 3 heteroatoms. The highest BCUT2D eigenvalue weighted by Gasteiger charge is 2.05. The minimum atomic E-state index is -0.312. The molecule has 66 valence electrons. The molecule has 0 aliphatic heterocycles. The SMILES string of the molecule is CCCC(C)OC(=O)NCC. The molecule has 11 heavy (non-hydrogen) atoms. The average molecular weight is 159 g/mol. The number of carbonyl (C=O) groups excluding carboxylic acids is 1. The van der Waals surface area contributed by atoms with E-state index in [2.05, 4.69) is 12.2 Å². The predicted octanol–water partition coefficient (Wildman–Crippen LogP) is 1.92. The molecule has 0 heterocycles. The molecule has 0 aliphatic carbocycles. The molecule has 0 radical (unpaired) electrons. The summed E-state index contributed by atoms with van der Waals surface area (Å²) in [6.45, 7) is 6.46. The highest BCUT2D eigenvalue weighted by molar-refractivity contribution is 5.67. The van der Waals surface area contributed by atoms with Crippen molar-refractivity contribution in [3.8, 4) is 0 Å². The summed E-state index contributed by atoms with van der Waals surface area (Å²) in [4.78, 5) is 10.8. The Bertz CT molecular complexity index is 115. The standard InChI is InChI=1S/C8H17NO2/c1-4-6-7(3)11-8(10)9-5-2/h7H,4-6H2,1-3H3,(H,9,10). The molecule has 1 unspecified atom stereocenters. The molecule has 0 saturated heterocycles. The first-order chi connectivity index (χ1) is 5.20. The average Bonchev–Trinajstić information content (AvgIpc) is 1.87. The first kappa shape index (κ1) is 10.3. The van der Waals surface area contributed by atoms with Gasteiger partial charge in [-0.3, -0.25) is 0 Å². The van der Waals surface area contributed by atoms with Gasteiger partial charge in [-0.05, 0) is 20.3 Å². The molecule has 0 bridgehead atoms. The quantitative estimate of drug-likeness (QED) is 0.680. The van der Waals surface area contributed by atoms with Gasteiger partial charge in [0.25, 0.3) is 0 Å². The van der Waals surface area contributed by atoms with Crippen molar-refractivity contribution in [2.75, 3.05) is 6.54 Å². The summed E-state index contributed by atoms with van der Waals surface area (Å²) in [5.41, 5.74) is 0. The zero-order valence-corrected chi connectivity index (χ0v) is 7.52. The molecule has 3 nitrogen and oxygen atoms in total. The molecule has 0 rings (SSSR count). The van der Waals surface area contributed by atoms with Crippen LogP contribution in [0.1, 0.15) is 33.6 Å². The van der Waals surface area contributed by atoms with Gasteiger partial charge in [-0.25, -0.2) is 4.79 Å². The second-order valence-corrected chi connectivity index (χ2v) is 2.53. The van der Waals surface area contributed by atoms with Crippen LogP contribution < -0.4 is 5.32 Å². The van der Waals surface area contributed by atoms with E-state index in [-0.39, 0.29) is 12.2 Å². The Kier molecular flexibility index (Phi) is 5.61. The number of alkyl carbamates (subject to hydrolysis) is 1. The van der Waals surface area contributed by atoms with Gasteiger partial charge in [0.1, 0.15) is 6.10 Å². The van der Waals surface area contributed by atoms with Gasteiger partial charge in [-0.1, -0.05) is 13.3 Å². The summed E-state index contributed by atoms with van der Waals surface area (Å²) in [6, 6.07) is 0. The van der Waals surface area contributed by atoms with Crippen LogP contribution in [0.5, 0.6) is 0 Å². The summed E-state index contributed by atoms with van der Waals surface area (Å²) in [7, 11) is 0. The lowest BCUT2D eigenvalue weighted by atomic mass is 10.2. The number of amides is 1. The third-order valence-electron chi connectivity index (χ3n) is 1.32. The number of hydrogen-bond acceptors (Lipinski definition) is 2. The van der Waals surface area contributed by atoms with Crippen molar-refractivity contribution in [1.29, 1.82) is 0 Å². The molecular weight excluding hydrogens is 142 g/mol. The van der Waals surface area contributed by atoms with Crippen LogP contribution in [0.4, 0.5) is 4.79 Å². The van der Waals surface area contributed by atoms with E-state index in [9.17, 15) is 4.79 Å². The Hall–Kier alpha value is -0.730. The summed E-state index contributed by atoms with van der Waals surface area (Å²) in [6.07, 6.45) is 1.69. The van der Waals surface area contributed by atoms with Crippen LogP contribution in [0.25, 0.3) is 0 Å². The zero-order valence-electron chi connectivity index (χ0n) is 7.52. The molecule has 0 aromatic rings. The maximum Gasteiger partial charge on any atom is 0.407 e. The van der Waals surface area contributed by atoms with Gasteiger partial charge in [0.2, 0.25) is 0 Å². The molecule has 1 amide bonds. The Morgan fingerprint density at radius 3 is 2.64 bits per heavy atom. The minimum Gasteiger partial charge on any atom is -0.447 e. The number of rotatable bonds is 4. The highest BCUT2D eigenvalue weighted by Crippen LogP contribution is 2.00. The zero-order chi connectivity index (χ0) is 8.69. The van der Waals surface area contributed by atoms with Gasteiger partial charge < -0.3 is 10.1 Å². The lowest BCUT2D eigenvalue weighted by Crippen LogP contribution is -2.27. The van der Waals surface area contributed by atoms with Crippen molar-refractivity contribution in [1.82, 2.24) is 5.32 Å². The van der Waals surface area contributed by atoms with Crippen LogP contribution >= 0.6 is 0 Å². The van der Waals surface area contributed by atoms with Gasteiger partial charge >= 0.3 is 6.09 Å². The van der Waals surface area contributed by atoms with Crippen molar-refractivity contribution in [3.63, 3.8) is 0 Å². The molecule has 0 spiro atoms. The Labute approximate surface area is 68.1 Å². The molecule has 1 atom stereocenters. The van der Waals surface area contributed by atoms with Crippen LogP contribution in [0.2, 0.25) is 0 Å². The lowest BCUT2D eigenvalue weighted by Gasteiger charge is -2.11. The van der Waals surface area contributed by atoms with E-state index in [4.69, 9.17) is 4.74 Å². The van der Waals surface area contributed by atoms with Gasteiger partial charge in [0.05, 0.1) is 0 Å². The first-order valence-corrected chi connectivity index (χ1v) is 4.15. The van der Waals surface area contributed by atoms with Crippen LogP contribution in [0.15, 0.2) is 0 Å². The first-order valence-electron chi connectivity index (χ1n) is 4.15. The van der Waals surface area contributed by atoms with Crippen molar-refractivity contribution < 1.29 is 9.53 Å². The second kappa shape index (κ2) is 6.01. The third kappa shape index (κ3) is 5.70. The second-order valence-electron chi connectivity index (χ2n) is 2.53. The van der Waals surface area contributed by atoms with Crippen molar-refractivity contribution in [2.24, 2.45) is 0 Å². The maximum atomic E-state index is 10.8. The van der Waals surface area contributed by atoms with E-state index < -0.39 is 0 Å². The molecule has 1 N–H and O–H groups in total.